The van der Waals surface area contributed by atoms with E-state index in [-0.39, 0.29) is 5.91 Å². The number of rotatable bonds is 1. The largest absolute Gasteiger partial charge is 0.273 e. The van der Waals surface area contributed by atoms with Crippen molar-refractivity contribution in [3.05, 3.63) is 0 Å². The summed E-state index contributed by atoms with van der Waals surface area (Å²) in [4.78, 5) is 10.1. The first kappa shape index (κ1) is 6.85. The molecule has 0 saturated carbocycles. The van der Waals surface area contributed by atoms with Gasteiger partial charge in [-0.15, -0.1) is 0 Å². The van der Waals surface area contributed by atoms with Crippen molar-refractivity contribution in [2.24, 2.45) is 0 Å². The predicted molar refractivity (Wildman–Crippen MR) is 32.0 cm³/mol. The Labute approximate surface area is 52.2 Å². The van der Waals surface area contributed by atoms with Crippen LogP contribution in [0.4, 0.5) is 0 Å². The molecule has 0 saturated heterocycles. The van der Waals surface area contributed by atoms with E-state index in [0.29, 0.717) is 0 Å². The molecule has 7 heavy (non-hydrogen) atoms. The van der Waals surface area contributed by atoms with E-state index in [1.165, 1.54) is 6.92 Å². The third-order valence-electron chi connectivity index (χ3n) is 0.393. The fraction of sp³-hybridized carbons (Fsp3) is 0.333. The van der Waals surface area contributed by atoms with Gasteiger partial charge in [-0.3, -0.25) is 4.79 Å². The molecule has 0 radical (unpaired) electrons. The monoisotopic (exact) mass is 137 g/mol. The molecular weight excluding hydrogens is 134 g/mol. The summed E-state index contributed by atoms with van der Waals surface area (Å²) in [6.07, 6.45) is 0. The standard InChI is InChI=1S/C3H4ClNOS/c1-3(6)5(4)2-7/h2H,1H3. The Kier molecular flexibility index (Phi) is 2.87. The van der Waals surface area contributed by atoms with Crippen molar-refractivity contribution in [2.75, 3.05) is 0 Å². The van der Waals surface area contributed by atoms with Crippen molar-refractivity contribution < 1.29 is 4.79 Å². The Morgan fingerprint density at radius 3 is 2.43 bits per heavy atom. The predicted octanol–water partition coefficient (Wildman–Crippen LogP) is 0.946. The minimum absolute atomic E-state index is 0.267. The number of hydrogen-bond donors (Lipinski definition) is 0. The average molecular weight is 138 g/mol. The number of amides is 1. The molecule has 0 bridgehead atoms. The molecule has 0 spiro atoms. The smallest absolute Gasteiger partial charge is 0.238 e. The van der Waals surface area contributed by atoms with Gasteiger partial charge in [-0.2, -0.15) is 0 Å². The maximum Gasteiger partial charge on any atom is 0.238 e. The zero-order chi connectivity index (χ0) is 5.86. The van der Waals surface area contributed by atoms with Gasteiger partial charge in [0.25, 0.3) is 0 Å². The van der Waals surface area contributed by atoms with E-state index < -0.39 is 0 Å². The van der Waals surface area contributed by atoms with Crippen molar-refractivity contribution in [3.63, 3.8) is 0 Å². The molecule has 0 rings (SSSR count). The third kappa shape index (κ3) is 2.53. The third-order valence-corrected chi connectivity index (χ3v) is 1.06. The Balaban J connectivity index is 3.55. The van der Waals surface area contributed by atoms with Crippen LogP contribution in [0.5, 0.6) is 0 Å². The molecule has 0 atom stereocenters. The highest BCUT2D eigenvalue weighted by atomic mass is 35.5. The van der Waals surface area contributed by atoms with Crippen molar-refractivity contribution >= 4 is 35.4 Å². The lowest BCUT2D eigenvalue weighted by molar-refractivity contribution is -0.121. The van der Waals surface area contributed by atoms with Crippen LogP contribution in [0.3, 0.4) is 0 Å². The van der Waals surface area contributed by atoms with Gasteiger partial charge in [0.1, 0.15) is 0 Å². The van der Waals surface area contributed by atoms with E-state index in [2.05, 4.69) is 12.2 Å². The second kappa shape index (κ2) is 2.93. The molecule has 0 aliphatic carbocycles. The fourth-order valence-corrected chi connectivity index (χ4v) is 0.223. The Morgan fingerprint density at radius 2 is 2.43 bits per heavy atom. The highest BCUT2D eigenvalue weighted by molar-refractivity contribution is 7.79. The van der Waals surface area contributed by atoms with Crippen LogP contribution in [0.15, 0.2) is 0 Å². The van der Waals surface area contributed by atoms with E-state index in [1.54, 1.807) is 0 Å². The van der Waals surface area contributed by atoms with Crippen LogP contribution in [0, 0.1) is 0 Å². The maximum absolute atomic E-state index is 10.1. The lowest BCUT2D eigenvalue weighted by Crippen LogP contribution is -2.13. The van der Waals surface area contributed by atoms with Crippen molar-refractivity contribution in [2.45, 2.75) is 6.92 Å². The molecule has 40 valence electrons. The molecule has 0 aromatic carbocycles. The van der Waals surface area contributed by atoms with E-state index >= 15 is 0 Å². The van der Waals surface area contributed by atoms with Crippen molar-refractivity contribution in [1.82, 2.24) is 4.42 Å². The molecule has 2 nitrogen and oxygen atoms in total. The number of carbonyl (C=O) groups is 1. The summed E-state index contributed by atoms with van der Waals surface area (Å²) in [7, 11) is 0. The molecule has 4 heteroatoms. The topological polar surface area (TPSA) is 20.3 Å². The van der Waals surface area contributed by atoms with Gasteiger partial charge in [-0.25, -0.2) is 4.42 Å². The molecule has 0 heterocycles. The van der Waals surface area contributed by atoms with Crippen LogP contribution in [0.2, 0.25) is 0 Å². The summed E-state index contributed by atoms with van der Waals surface area (Å²) in [5.74, 6) is -0.267. The van der Waals surface area contributed by atoms with Gasteiger partial charge < -0.3 is 0 Å². The SMILES string of the molecule is CC(=O)N(Cl)C=S. The lowest BCUT2D eigenvalue weighted by atomic mass is 10.7. The van der Waals surface area contributed by atoms with Crippen molar-refractivity contribution in [3.8, 4) is 0 Å². The van der Waals surface area contributed by atoms with Crippen LogP contribution >= 0.6 is 24.0 Å². The Hall–Kier alpha value is -0.150. The van der Waals surface area contributed by atoms with Crippen molar-refractivity contribution in [1.29, 1.82) is 0 Å². The van der Waals surface area contributed by atoms with Gasteiger partial charge in [-0.1, -0.05) is 12.2 Å². The zero-order valence-corrected chi connectivity index (χ0v) is 5.29. The molecule has 0 unspecified atom stereocenters. The van der Waals surface area contributed by atoms with Gasteiger partial charge in [0.15, 0.2) is 0 Å². The number of hydrogen-bond acceptors (Lipinski definition) is 2. The van der Waals surface area contributed by atoms with Gasteiger partial charge in [0, 0.05) is 18.7 Å². The minimum Gasteiger partial charge on any atom is -0.273 e. The summed E-state index contributed by atoms with van der Waals surface area (Å²) >= 11 is 9.42. The maximum atomic E-state index is 10.1. The quantitative estimate of drug-likeness (QED) is 0.396. The first-order valence-corrected chi connectivity index (χ1v) is 2.40. The lowest BCUT2D eigenvalue weighted by Gasteiger charge is -1.98. The van der Waals surface area contributed by atoms with E-state index in [0.717, 1.165) is 9.91 Å². The molecular formula is C3H4ClNOS. The average Bonchev–Trinajstić information content (AvgIpc) is 1.65. The second-order valence-electron chi connectivity index (χ2n) is 0.936. The highest BCUT2D eigenvalue weighted by Gasteiger charge is 1.95. The molecule has 0 aromatic heterocycles. The fourth-order valence-electron chi connectivity index (χ4n) is 0.0742. The number of thiocarbonyl (C=S) groups is 1. The first-order chi connectivity index (χ1) is 3.18. The van der Waals surface area contributed by atoms with Crippen LogP contribution in [-0.2, 0) is 4.79 Å². The van der Waals surface area contributed by atoms with E-state index in [1.807, 2.05) is 0 Å². The second-order valence-corrected chi connectivity index (χ2v) is 1.51. The molecule has 0 aliphatic rings. The highest BCUT2D eigenvalue weighted by Crippen LogP contribution is 1.87. The first-order valence-electron chi connectivity index (χ1n) is 1.59. The summed E-state index contributed by atoms with van der Waals surface area (Å²) in [6.45, 7) is 1.33. The molecule has 0 fully saturated rings. The summed E-state index contributed by atoms with van der Waals surface area (Å²) in [5, 5.41) is 0. The minimum atomic E-state index is -0.267. The normalized spacial score (nSPS) is 7.71. The Bertz CT molecular complexity index is 94.9. The van der Waals surface area contributed by atoms with Crippen LogP contribution in [0.1, 0.15) is 6.92 Å². The van der Waals surface area contributed by atoms with Crippen LogP contribution < -0.4 is 0 Å². The van der Waals surface area contributed by atoms with Gasteiger partial charge in [0.2, 0.25) is 5.91 Å². The van der Waals surface area contributed by atoms with Gasteiger partial charge in [0.05, 0.1) is 5.49 Å². The van der Waals surface area contributed by atoms with Gasteiger partial charge in [-0.05, 0) is 0 Å². The van der Waals surface area contributed by atoms with E-state index in [9.17, 15) is 4.79 Å². The molecule has 1 amide bonds. The van der Waals surface area contributed by atoms with Crippen LogP contribution in [0.25, 0.3) is 0 Å². The summed E-state index contributed by atoms with van der Waals surface area (Å²) < 4.78 is 0.815. The summed E-state index contributed by atoms with van der Waals surface area (Å²) in [6, 6.07) is 0. The molecule has 0 N–H and O–H groups in total. The molecule has 0 aromatic rings. The zero-order valence-electron chi connectivity index (χ0n) is 3.72. The number of carbonyl (C=O) groups excluding carboxylic acids is 1. The van der Waals surface area contributed by atoms with Crippen LogP contribution in [-0.4, -0.2) is 15.8 Å². The number of halogens is 1. The summed E-state index contributed by atoms with van der Waals surface area (Å²) in [5.41, 5.74) is 1.07. The Morgan fingerprint density at radius 1 is 2.00 bits per heavy atom. The molecule has 0 aliphatic heterocycles. The van der Waals surface area contributed by atoms with Gasteiger partial charge >= 0.3 is 0 Å². The number of nitrogens with zero attached hydrogens (tertiary/aromatic N) is 1. The van der Waals surface area contributed by atoms with E-state index in [4.69, 9.17) is 11.8 Å².